The summed E-state index contributed by atoms with van der Waals surface area (Å²) in [6.07, 6.45) is 3.49. The molecule has 222 valence electrons. The van der Waals surface area contributed by atoms with E-state index in [1.807, 2.05) is 20.2 Å². The van der Waals surface area contributed by atoms with Crippen LogP contribution in [-0.4, -0.2) is 36.4 Å². The molecule has 0 aliphatic carbocycles. The molecule has 2 atom stereocenters. The molecule has 42 heavy (non-hydrogen) atoms. The summed E-state index contributed by atoms with van der Waals surface area (Å²) in [5.74, 6) is -0.202. The summed E-state index contributed by atoms with van der Waals surface area (Å²) < 4.78 is 22.0. The van der Waals surface area contributed by atoms with Crippen molar-refractivity contribution in [1.82, 2.24) is 9.55 Å². The van der Waals surface area contributed by atoms with Crippen molar-refractivity contribution in [3.63, 3.8) is 0 Å². The van der Waals surface area contributed by atoms with Crippen molar-refractivity contribution in [3.8, 4) is 0 Å². The SMILES string of the molecule is CC(C)C(C)(C)[Si](C)(C)O[C@@H](c1cn(C(c2ccccc2)(c2ccccc2)c2ccccc2)cn1)[C@H]1COC(C)(C)O1. The van der Waals surface area contributed by atoms with Crippen molar-refractivity contribution in [3.05, 3.63) is 126 Å². The molecule has 3 aromatic carbocycles. The first-order valence-electron chi connectivity index (χ1n) is 15.1. The monoisotopic (exact) mass is 582 g/mol. The fourth-order valence-corrected chi connectivity index (χ4v) is 8.61. The Hall–Kier alpha value is -3.03. The molecule has 4 aromatic rings. The number of rotatable bonds is 10. The number of hydrogen-bond donors (Lipinski definition) is 0. The van der Waals surface area contributed by atoms with Crippen LogP contribution in [-0.2, 0) is 19.4 Å². The zero-order valence-corrected chi connectivity index (χ0v) is 27.4. The summed E-state index contributed by atoms with van der Waals surface area (Å²) in [4.78, 5) is 5.09. The van der Waals surface area contributed by atoms with Crippen LogP contribution in [0.1, 0.15) is 70.0 Å². The van der Waals surface area contributed by atoms with E-state index in [0.29, 0.717) is 12.5 Å². The highest BCUT2D eigenvalue weighted by Gasteiger charge is 2.49. The highest BCUT2D eigenvalue weighted by molar-refractivity contribution is 6.74. The molecule has 1 aliphatic heterocycles. The van der Waals surface area contributed by atoms with Gasteiger partial charge in [-0.3, -0.25) is 0 Å². The number of imidazole rings is 1. The summed E-state index contributed by atoms with van der Waals surface area (Å²) in [6, 6.07) is 32.0. The molecule has 0 N–H and O–H groups in total. The summed E-state index contributed by atoms with van der Waals surface area (Å²) in [5, 5.41) is 0.0324. The molecule has 0 saturated carbocycles. The summed E-state index contributed by atoms with van der Waals surface area (Å²) in [5.41, 5.74) is 3.67. The van der Waals surface area contributed by atoms with E-state index in [2.05, 4.69) is 143 Å². The topological polar surface area (TPSA) is 45.5 Å². The lowest BCUT2D eigenvalue weighted by molar-refractivity contribution is -0.150. The van der Waals surface area contributed by atoms with Crippen LogP contribution in [0.25, 0.3) is 0 Å². The van der Waals surface area contributed by atoms with Crippen LogP contribution in [0.3, 0.4) is 0 Å². The van der Waals surface area contributed by atoms with Crippen molar-refractivity contribution in [2.24, 2.45) is 5.92 Å². The maximum Gasteiger partial charge on any atom is 0.193 e. The molecule has 1 aromatic heterocycles. The highest BCUT2D eigenvalue weighted by Crippen LogP contribution is 2.48. The molecule has 5 rings (SSSR count). The lowest BCUT2D eigenvalue weighted by Gasteiger charge is -2.45. The van der Waals surface area contributed by atoms with Gasteiger partial charge >= 0.3 is 0 Å². The largest absolute Gasteiger partial charge is 0.405 e. The number of nitrogens with zero attached hydrogens (tertiary/aromatic N) is 2. The fraction of sp³-hybridized carbons (Fsp3) is 0.417. The van der Waals surface area contributed by atoms with Gasteiger partial charge in [0.15, 0.2) is 14.1 Å². The van der Waals surface area contributed by atoms with E-state index in [1.165, 1.54) is 0 Å². The van der Waals surface area contributed by atoms with Gasteiger partial charge in [0.05, 0.1) is 18.6 Å². The molecule has 2 heterocycles. The molecule has 0 spiro atoms. The second-order valence-corrected chi connectivity index (χ2v) is 17.9. The van der Waals surface area contributed by atoms with Gasteiger partial charge in [-0.1, -0.05) is 119 Å². The second kappa shape index (κ2) is 11.6. The molecule has 0 unspecified atom stereocenters. The van der Waals surface area contributed by atoms with E-state index in [4.69, 9.17) is 18.9 Å². The van der Waals surface area contributed by atoms with Gasteiger partial charge in [0, 0.05) is 6.20 Å². The molecule has 5 nitrogen and oxygen atoms in total. The smallest absolute Gasteiger partial charge is 0.193 e. The minimum absolute atomic E-state index is 0.0324. The number of benzene rings is 3. The first-order chi connectivity index (χ1) is 19.9. The Bertz CT molecular complexity index is 1350. The maximum absolute atomic E-state index is 7.23. The van der Waals surface area contributed by atoms with Gasteiger partial charge in [-0.15, -0.1) is 0 Å². The van der Waals surface area contributed by atoms with E-state index in [9.17, 15) is 0 Å². The van der Waals surface area contributed by atoms with Crippen LogP contribution in [0, 0.1) is 5.92 Å². The Morgan fingerprint density at radius 1 is 0.857 bits per heavy atom. The van der Waals surface area contributed by atoms with Crippen LogP contribution >= 0.6 is 0 Å². The van der Waals surface area contributed by atoms with Crippen LogP contribution in [0.15, 0.2) is 104 Å². The molecular weight excluding hydrogens is 536 g/mol. The highest BCUT2D eigenvalue weighted by atomic mass is 28.4. The lowest BCUT2D eigenvalue weighted by Crippen LogP contribution is -2.48. The van der Waals surface area contributed by atoms with Gasteiger partial charge in [0.25, 0.3) is 0 Å². The lowest BCUT2D eigenvalue weighted by atomic mass is 9.77. The third kappa shape index (κ3) is 5.53. The Kier molecular flexibility index (Phi) is 8.38. The molecule has 0 radical (unpaired) electrons. The van der Waals surface area contributed by atoms with Crippen LogP contribution < -0.4 is 0 Å². The number of ether oxygens (including phenoxy) is 2. The van der Waals surface area contributed by atoms with E-state index in [-0.39, 0.29) is 17.2 Å². The van der Waals surface area contributed by atoms with Gasteiger partial charge < -0.3 is 18.5 Å². The number of aromatic nitrogens is 2. The third-order valence-electron chi connectivity index (χ3n) is 9.64. The van der Waals surface area contributed by atoms with E-state index in [1.54, 1.807) is 0 Å². The van der Waals surface area contributed by atoms with Gasteiger partial charge in [-0.2, -0.15) is 0 Å². The molecule has 0 amide bonds. The average molecular weight is 583 g/mol. The molecule has 6 heteroatoms. The van der Waals surface area contributed by atoms with Crippen molar-refractivity contribution >= 4 is 8.32 Å². The van der Waals surface area contributed by atoms with Crippen molar-refractivity contribution in [1.29, 1.82) is 0 Å². The first-order valence-corrected chi connectivity index (χ1v) is 18.0. The minimum Gasteiger partial charge on any atom is -0.405 e. The Balaban J connectivity index is 1.69. The van der Waals surface area contributed by atoms with Gasteiger partial charge in [-0.05, 0) is 54.6 Å². The Morgan fingerprint density at radius 2 is 1.33 bits per heavy atom. The molecular formula is C36H46N2O3Si. The Labute approximate surface area is 253 Å². The van der Waals surface area contributed by atoms with E-state index < -0.39 is 19.6 Å². The Morgan fingerprint density at radius 3 is 1.74 bits per heavy atom. The zero-order chi connectivity index (χ0) is 30.2. The van der Waals surface area contributed by atoms with Crippen molar-refractivity contribution in [2.45, 2.75) is 83.2 Å². The van der Waals surface area contributed by atoms with Gasteiger partial charge in [0.2, 0.25) is 0 Å². The number of hydrogen-bond acceptors (Lipinski definition) is 4. The maximum atomic E-state index is 7.23. The van der Waals surface area contributed by atoms with Gasteiger partial charge in [-0.25, -0.2) is 4.98 Å². The normalized spacial score (nSPS) is 18.4. The molecule has 0 bridgehead atoms. The quantitative estimate of drug-likeness (QED) is 0.139. The molecule has 1 aliphatic rings. The minimum atomic E-state index is -2.27. The first kappa shape index (κ1) is 30.4. The standard InChI is InChI=1S/C36H46N2O3Si/c1-27(2)34(3,4)42(7,8)41-33(32-25-39-35(5,6)40-32)31-24-38(26-37-31)36(28-18-12-9-13-19-28,29-20-14-10-15-21-29)30-22-16-11-17-23-30/h9-24,26-27,32-33H,25H2,1-8H3/t32-,33+/m1/s1. The average Bonchev–Trinajstić information content (AvgIpc) is 3.60. The van der Waals surface area contributed by atoms with Crippen molar-refractivity contribution in [2.75, 3.05) is 6.61 Å². The van der Waals surface area contributed by atoms with E-state index >= 15 is 0 Å². The van der Waals surface area contributed by atoms with Crippen LogP contribution in [0.5, 0.6) is 0 Å². The predicted molar refractivity (Wildman–Crippen MR) is 172 cm³/mol. The second-order valence-electron chi connectivity index (χ2n) is 13.3. The fourth-order valence-electron chi connectivity index (χ4n) is 6.01. The van der Waals surface area contributed by atoms with Crippen LogP contribution in [0.4, 0.5) is 0 Å². The summed E-state index contributed by atoms with van der Waals surface area (Å²) in [6.45, 7) is 18.3. The van der Waals surface area contributed by atoms with Gasteiger partial charge in [0.1, 0.15) is 17.7 Å². The molecule has 1 fully saturated rings. The van der Waals surface area contributed by atoms with E-state index in [0.717, 1.165) is 22.4 Å². The summed E-state index contributed by atoms with van der Waals surface area (Å²) >= 11 is 0. The van der Waals surface area contributed by atoms with Crippen LogP contribution in [0.2, 0.25) is 18.1 Å². The van der Waals surface area contributed by atoms with Crippen molar-refractivity contribution < 1.29 is 13.9 Å². The molecule has 1 saturated heterocycles. The third-order valence-corrected chi connectivity index (χ3v) is 14.2. The summed E-state index contributed by atoms with van der Waals surface area (Å²) in [7, 11) is -2.27. The predicted octanol–water partition coefficient (Wildman–Crippen LogP) is 8.57. The zero-order valence-electron chi connectivity index (χ0n) is 26.4.